The van der Waals surface area contributed by atoms with E-state index in [1.54, 1.807) is 0 Å². The van der Waals surface area contributed by atoms with E-state index < -0.39 is 0 Å². The van der Waals surface area contributed by atoms with Crippen LogP contribution in [-0.2, 0) is 11.3 Å². The van der Waals surface area contributed by atoms with Crippen LogP contribution in [0, 0.1) is 0 Å². The van der Waals surface area contributed by atoms with Gasteiger partial charge >= 0.3 is 0 Å². The summed E-state index contributed by atoms with van der Waals surface area (Å²) in [5, 5.41) is 2.70. The Kier molecular flexibility index (Phi) is 3.78. The van der Waals surface area contributed by atoms with Gasteiger partial charge in [0, 0.05) is 24.5 Å². The Balaban J connectivity index is 2.00. The molecule has 0 bridgehead atoms. The lowest BCUT2D eigenvalue weighted by atomic mass is 10.1. The average Bonchev–Trinajstić information content (AvgIpc) is 2.64. The minimum absolute atomic E-state index is 0.318. The molecule has 2 atom stereocenters. The second kappa shape index (κ2) is 5.12. The molecular weight excluding hydrogens is 222 g/mol. The molecule has 90 valence electrons. The van der Waals surface area contributed by atoms with Crippen molar-refractivity contribution in [1.29, 1.82) is 0 Å². The highest BCUT2D eigenvalue weighted by molar-refractivity contribution is 7.13. The Hall–Kier alpha value is -0.650. The van der Waals surface area contributed by atoms with Crippen molar-refractivity contribution < 1.29 is 4.74 Å². The lowest BCUT2D eigenvalue weighted by Gasteiger charge is -2.37. The largest absolute Gasteiger partial charge is 0.376 e. The van der Waals surface area contributed by atoms with Gasteiger partial charge in [0.2, 0.25) is 0 Å². The summed E-state index contributed by atoms with van der Waals surface area (Å²) in [4.78, 5) is 6.76. The Morgan fingerprint density at radius 3 is 3.12 bits per heavy atom. The van der Waals surface area contributed by atoms with Crippen molar-refractivity contribution in [3.63, 3.8) is 0 Å². The van der Waals surface area contributed by atoms with E-state index in [1.165, 1.54) is 11.3 Å². The van der Waals surface area contributed by atoms with Crippen LogP contribution in [0.15, 0.2) is 5.38 Å². The Morgan fingerprint density at radius 1 is 1.69 bits per heavy atom. The van der Waals surface area contributed by atoms with E-state index in [4.69, 9.17) is 10.5 Å². The molecule has 0 saturated carbocycles. The molecule has 1 aliphatic rings. The van der Waals surface area contributed by atoms with Crippen molar-refractivity contribution in [3.8, 4) is 0 Å². The first-order chi connectivity index (χ1) is 7.69. The maximum atomic E-state index is 5.67. The van der Waals surface area contributed by atoms with Gasteiger partial charge in [-0.15, -0.1) is 11.3 Å². The highest BCUT2D eigenvalue weighted by atomic mass is 32.1. The lowest BCUT2D eigenvalue weighted by Crippen LogP contribution is -2.47. The summed E-state index contributed by atoms with van der Waals surface area (Å²) >= 11 is 1.51. The van der Waals surface area contributed by atoms with E-state index in [1.807, 2.05) is 5.38 Å². The van der Waals surface area contributed by atoms with Crippen LogP contribution in [0.1, 0.15) is 26.0 Å². The first kappa shape index (κ1) is 11.8. The van der Waals surface area contributed by atoms with Crippen molar-refractivity contribution in [2.45, 2.75) is 39.0 Å². The second-order valence-corrected chi connectivity index (χ2v) is 5.20. The topological polar surface area (TPSA) is 51.4 Å². The van der Waals surface area contributed by atoms with E-state index >= 15 is 0 Å². The monoisotopic (exact) mass is 241 g/mol. The molecule has 1 aromatic rings. The van der Waals surface area contributed by atoms with Gasteiger partial charge in [-0.25, -0.2) is 4.98 Å². The molecule has 1 saturated heterocycles. The Labute approximate surface area is 100 Å². The van der Waals surface area contributed by atoms with E-state index in [2.05, 4.69) is 23.7 Å². The van der Waals surface area contributed by atoms with Crippen molar-refractivity contribution in [1.82, 2.24) is 9.88 Å². The molecule has 0 spiro atoms. The second-order valence-electron chi connectivity index (χ2n) is 4.31. The van der Waals surface area contributed by atoms with Gasteiger partial charge in [-0.2, -0.15) is 0 Å². The molecular formula is C11H19N3OS. The van der Waals surface area contributed by atoms with E-state index in [0.717, 1.165) is 31.8 Å². The van der Waals surface area contributed by atoms with Crippen LogP contribution < -0.4 is 5.73 Å². The highest BCUT2D eigenvalue weighted by Gasteiger charge is 2.25. The van der Waals surface area contributed by atoms with Crippen LogP contribution in [-0.4, -0.2) is 35.2 Å². The van der Waals surface area contributed by atoms with Crippen molar-refractivity contribution in [2.75, 3.05) is 18.9 Å². The van der Waals surface area contributed by atoms with Gasteiger partial charge in [-0.3, -0.25) is 4.90 Å². The van der Waals surface area contributed by atoms with Gasteiger partial charge in [-0.1, -0.05) is 6.92 Å². The fraction of sp³-hybridized carbons (Fsp3) is 0.727. The zero-order valence-electron chi connectivity index (χ0n) is 9.85. The van der Waals surface area contributed by atoms with Crippen LogP contribution in [0.2, 0.25) is 0 Å². The maximum absolute atomic E-state index is 5.67. The molecule has 0 amide bonds. The Bertz CT molecular complexity index is 342. The average molecular weight is 241 g/mol. The standard InChI is InChI=1S/C11H19N3OS/c1-3-10-6-15-8(2)4-14(10)5-9-7-16-11(12)13-9/h7-8,10H,3-6H2,1-2H3,(H2,12,13). The molecule has 0 aromatic carbocycles. The van der Waals surface area contributed by atoms with Gasteiger partial charge in [0.25, 0.3) is 0 Å². The predicted octanol–water partition coefficient (Wildman–Crippen LogP) is 1.72. The third kappa shape index (κ3) is 2.72. The molecule has 0 radical (unpaired) electrons. The summed E-state index contributed by atoms with van der Waals surface area (Å²) in [6.07, 6.45) is 1.44. The number of aromatic nitrogens is 1. The highest BCUT2D eigenvalue weighted by Crippen LogP contribution is 2.19. The third-order valence-electron chi connectivity index (χ3n) is 2.99. The zero-order chi connectivity index (χ0) is 11.5. The molecule has 1 fully saturated rings. The van der Waals surface area contributed by atoms with Crippen LogP contribution in [0.5, 0.6) is 0 Å². The smallest absolute Gasteiger partial charge is 0.180 e. The summed E-state index contributed by atoms with van der Waals surface area (Å²) in [7, 11) is 0. The van der Waals surface area contributed by atoms with Gasteiger partial charge in [-0.05, 0) is 13.3 Å². The molecule has 4 nitrogen and oxygen atoms in total. The normalized spacial score (nSPS) is 27.1. The number of anilines is 1. The minimum Gasteiger partial charge on any atom is -0.376 e. The summed E-state index contributed by atoms with van der Waals surface area (Å²) in [6, 6.07) is 0.513. The number of thiazole rings is 1. The number of hydrogen-bond donors (Lipinski definition) is 1. The van der Waals surface area contributed by atoms with Gasteiger partial charge in [0.1, 0.15) is 0 Å². The molecule has 2 rings (SSSR count). The number of hydrogen-bond acceptors (Lipinski definition) is 5. The van der Waals surface area contributed by atoms with Gasteiger partial charge < -0.3 is 10.5 Å². The Morgan fingerprint density at radius 2 is 2.50 bits per heavy atom. The maximum Gasteiger partial charge on any atom is 0.180 e. The van der Waals surface area contributed by atoms with Crippen LogP contribution >= 0.6 is 11.3 Å². The van der Waals surface area contributed by atoms with Gasteiger partial charge in [0.15, 0.2) is 5.13 Å². The van der Waals surface area contributed by atoms with E-state index in [-0.39, 0.29) is 0 Å². The third-order valence-corrected chi connectivity index (χ3v) is 3.71. The predicted molar refractivity (Wildman–Crippen MR) is 66.4 cm³/mol. The summed E-state index contributed by atoms with van der Waals surface area (Å²) in [5.41, 5.74) is 6.72. The minimum atomic E-state index is 0.318. The molecule has 1 aromatic heterocycles. The number of morpholine rings is 1. The SMILES string of the molecule is CCC1COC(C)CN1Cc1csc(N)n1. The summed E-state index contributed by atoms with van der Waals surface area (Å²) in [5.74, 6) is 0. The van der Waals surface area contributed by atoms with Crippen LogP contribution in [0.3, 0.4) is 0 Å². The fourth-order valence-electron chi connectivity index (χ4n) is 2.09. The molecule has 0 aliphatic carbocycles. The molecule has 16 heavy (non-hydrogen) atoms. The van der Waals surface area contributed by atoms with Crippen LogP contribution in [0.4, 0.5) is 5.13 Å². The zero-order valence-corrected chi connectivity index (χ0v) is 10.7. The fourth-order valence-corrected chi connectivity index (χ4v) is 2.64. The first-order valence-electron chi connectivity index (χ1n) is 5.74. The van der Waals surface area contributed by atoms with E-state index in [0.29, 0.717) is 17.3 Å². The quantitative estimate of drug-likeness (QED) is 0.875. The van der Waals surface area contributed by atoms with Crippen LogP contribution in [0.25, 0.3) is 0 Å². The van der Waals surface area contributed by atoms with E-state index in [9.17, 15) is 0 Å². The molecule has 2 heterocycles. The lowest BCUT2D eigenvalue weighted by molar-refractivity contribution is -0.0595. The number of nitrogen functional groups attached to an aromatic ring is 1. The molecule has 5 heteroatoms. The molecule has 1 aliphatic heterocycles. The van der Waals surface area contributed by atoms with Crippen molar-refractivity contribution >= 4 is 16.5 Å². The number of nitrogens with zero attached hydrogens (tertiary/aromatic N) is 2. The number of rotatable bonds is 3. The van der Waals surface area contributed by atoms with Crippen molar-refractivity contribution in [3.05, 3.63) is 11.1 Å². The van der Waals surface area contributed by atoms with Crippen molar-refractivity contribution in [2.24, 2.45) is 0 Å². The summed E-state index contributed by atoms with van der Waals surface area (Å²) in [6.45, 7) is 7.02. The number of nitrogens with two attached hydrogens (primary N) is 1. The summed E-state index contributed by atoms with van der Waals surface area (Å²) < 4.78 is 5.67. The molecule has 2 unspecified atom stereocenters. The van der Waals surface area contributed by atoms with Gasteiger partial charge in [0.05, 0.1) is 18.4 Å². The number of ether oxygens (including phenoxy) is 1. The first-order valence-corrected chi connectivity index (χ1v) is 6.62. The molecule has 2 N–H and O–H groups in total.